The van der Waals surface area contributed by atoms with Crippen molar-refractivity contribution < 1.29 is 9.47 Å². The largest absolute Gasteiger partial charge is 0.382 e. The van der Waals surface area contributed by atoms with Crippen LogP contribution in [0.1, 0.15) is 57.8 Å². The molecule has 0 saturated heterocycles. The molecule has 112 valence electrons. The summed E-state index contributed by atoms with van der Waals surface area (Å²) in [5.74, 6) is 0.779. The van der Waals surface area contributed by atoms with Crippen molar-refractivity contribution in [3.63, 3.8) is 0 Å². The molecule has 2 rings (SSSR count). The van der Waals surface area contributed by atoms with Gasteiger partial charge in [-0.1, -0.05) is 19.3 Å². The van der Waals surface area contributed by atoms with Crippen molar-refractivity contribution in [2.24, 2.45) is 5.92 Å². The summed E-state index contributed by atoms with van der Waals surface area (Å²) in [6.45, 7) is 2.40. The van der Waals surface area contributed by atoms with Gasteiger partial charge in [-0.3, -0.25) is 0 Å². The van der Waals surface area contributed by atoms with Crippen LogP contribution in [0.25, 0.3) is 0 Å². The highest BCUT2D eigenvalue weighted by Crippen LogP contribution is 2.26. The molecule has 3 nitrogen and oxygen atoms in total. The van der Waals surface area contributed by atoms with Crippen LogP contribution >= 0.6 is 0 Å². The lowest BCUT2D eigenvalue weighted by molar-refractivity contribution is 0.0411. The van der Waals surface area contributed by atoms with Crippen LogP contribution < -0.4 is 5.32 Å². The zero-order valence-electron chi connectivity index (χ0n) is 12.5. The molecule has 0 aliphatic heterocycles. The Bertz CT molecular complexity index is 221. The molecule has 19 heavy (non-hydrogen) atoms. The standard InChI is InChI=1S/C16H31NO2/c1-18-11-12-19-13-14-7-9-16(10-8-14)17-15-5-3-2-4-6-15/h14-17H,2-13H2,1H3. The second-order valence-corrected chi connectivity index (χ2v) is 6.29. The van der Waals surface area contributed by atoms with E-state index in [1.165, 1.54) is 57.8 Å². The number of rotatable bonds is 7. The van der Waals surface area contributed by atoms with Gasteiger partial charge in [-0.15, -0.1) is 0 Å². The second kappa shape index (κ2) is 8.93. The average molecular weight is 269 g/mol. The van der Waals surface area contributed by atoms with Gasteiger partial charge in [0.25, 0.3) is 0 Å². The average Bonchev–Trinajstić information content (AvgIpc) is 2.46. The van der Waals surface area contributed by atoms with Gasteiger partial charge in [0, 0.05) is 25.8 Å². The van der Waals surface area contributed by atoms with Crippen LogP contribution in [0.15, 0.2) is 0 Å². The van der Waals surface area contributed by atoms with Crippen LogP contribution in [0.2, 0.25) is 0 Å². The molecule has 0 radical (unpaired) electrons. The zero-order valence-corrected chi connectivity index (χ0v) is 12.5. The van der Waals surface area contributed by atoms with Gasteiger partial charge in [-0.05, 0) is 44.4 Å². The Balaban J connectivity index is 1.54. The van der Waals surface area contributed by atoms with Gasteiger partial charge in [0.05, 0.1) is 13.2 Å². The third-order valence-electron chi connectivity index (χ3n) is 4.71. The van der Waals surface area contributed by atoms with Crippen LogP contribution in [0.5, 0.6) is 0 Å². The Morgan fingerprint density at radius 3 is 2.21 bits per heavy atom. The van der Waals surface area contributed by atoms with Crippen LogP contribution in [0.3, 0.4) is 0 Å². The van der Waals surface area contributed by atoms with Crippen molar-refractivity contribution >= 4 is 0 Å². The molecule has 1 N–H and O–H groups in total. The maximum absolute atomic E-state index is 5.65. The van der Waals surface area contributed by atoms with Crippen molar-refractivity contribution in [2.75, 3.05) is 26.9 Å². The van der Waals surface area contributed by atoms with Crippen molar-refractivity contribution in [3.8, 4) is 0 Å². The quantitative estimate of drug-likeness (QED) is 0.720. The van der Waals surface area contributed by atoms with E-state index in [0.29, 0.717) is 0 Å². The molecular formula is C16H31NO2. The highest BCUT2D eigenvalue weighted by Gasteiger charge is 2.23. The lowest BCUT2D eigenvalue weighted by Crippen LogP contribution is -2.41. The third kappa shape index (κ3) is 5.80. The van der Waals surface area contributed by atoms with Gasteiger partial charge in [-0.2, -0.15) is 0 Å². The molecule has 2 aliphatic rings. The summed E-state index contributed by atoms with van der Waals surface area (Å²) in [4.78, 5) is 0. The van der Waals surface area contributed by atoms with Crippen molar-refractivity contribution in [3.05, 3.63) is 0 Å². The maximum atomic E-state index is 5.65. The Kier molecular flexibility index (Phi) is 7.18. The highest BCUT2D eigenvalue weighted by atomic mass is 16.5. The van der Waals surface area contributed by atoms with Crippen LogP contribution in [0.4, 0.5) is 0 Å². The summed E-state index contributed by atoms with van der Waals surface area (Å²) in [6.07, 6.45) is 12.5. The number of hydrogen-bond donors (Lipinski definition) is 1. The molecule has 2 aliphatic carbocycles. The monoisotopic (exact) mass is 269 g/mol. The zero-order chi connectivity index (χ0) is 13.3. The van der Waals surface area contributed by atoms with Crippen molar-refractivity contribution in [1.29, 1.82) is 0 Å². The molecular weight excluding hydrogens is 238 g/mol. The van der Waals surface area contributed by atoms with Crippen molar-refractivity contribution in [2.45, 2.75) is 69.9 Å². The molecule has 0 aromatic rings. The van der Waals surface area contributed by atoms with E-state index < -0.39 is 0 Å². The smallest absolute Gasteiger partial charge is 0.0700 e. The van der Waals surface area contributed by atoms with Gasteiger partial charge in [0.2, 0.25) is 0 Å². The summed E-state index contributed by atoms with van der Waals surface area (Å²) in [6, 6.07) is 1.59. The first-order valence-corrected chi connectivity index (χ1v) is 8.21. The predicted octanol–water partition coefficient (Wildman–Crippen LogP) is 3.13. The SMILES string of the molecule is COCCOCC1CCC(NC2CCCCC2)CC1. The first-order chi connectivity index (χ1) is 9.38. The van der Waals surface area contributed by atoms with E-state index in [1.807, 2.05) is 0 Å². The Morgan fingerprint density at radius 2 is 1.53 bits per heavy atom. The minimum Gasteiger partial charge on any atom is -0.382 e. The van der Waals surface area contributed by atoms with Crippen molar-refractivity contribution in [1.82, 2.24) is 5.32 Å². The Labute approximate surface area is 118 Å². The highest BCUT2D eigenvalue weighted by molar-refractivity contribution is 4.82. The lowest BCUT2D eigenvalue weighted by Gasteiger charge is -2.33. The molecule has 0 unspecified atom stereocenters. The fraction of sp³-hybridized carbons (Fsp3) is 1.00. The summed E-state index contributed by atoms with van der Waals surface area (Å²) < 4.78 is 10.7. The molecule has 3 heteroatoms. The van der Waals surface area contributed by atoms with E-state index in [2.05, 4.69) is 5.32 Å². The van der Waals surface area contributed by atoms with Gasteiger partial charge < -0.3 is 14.8 Å². The minimum atomic E-state index is 0.721. The van der Waals surface area contributed by atoms with E-state index in [-0.39, 0.29) is 0 Å². The van der Waals surface area contributed by atoms with E-state index in [0.717, 1.165) is 37.8 Å². The normalized spacial score (nSPS) is 29.5. The second-order valence-electron chi connectivity index (χ2n) is 6.29. The summed E-state index contributed by atoms with van der Waals surface area (Å²) in [7, 11) is 1.73. The predicted molar refractivity (Wildman–Crippen MR) is 78.4 cm³/mol. The Morgan fingerprint density at radius 1 is 0.842 bits per heavy atom. The lowest BCUT2D eigenvalue weighted by atomic mass is 9.85. The topological polar surface area (TPSA) is 30.5 Å². The molecule has 0 atom stereocenters. The molecule has 0 amide bonds. The summed E-state index contributed by atoms with van der Waals surface area (Å²) >= 11 is 0. The first-order valence-electron chi connectivity index (χ1n) is 8.21. The van der Waals surface area contributed by atoms with Gasteiger partial charge in [0.1, 0.15) is 0 Å². The van der Waals surface area contributed by atoms with Crippen LogP contribution in [-0.4, -0.2) is 39.0 Å². The molecule has 0 bridgehead atoms. The first kappa shape index (κ1) is 15.3. The minimum absolute atomic E-state index is 0.721. The van der Waals surface area contributed by atoms with Gasteiger partial charge >= 0.3 is 0 Å². The molecule has 2 saturated carbocycles. The number of nitrogens with one attached hydrogen (secondary N) is 1. The number of ether oxygens (including phenoxy) is 2. The van der Waals surface area contributed by atoms with E-state index >= 15 is 0 Å². The van der Waals surface area contributed by atoms with Crippen LogP contribution in [-0.2, 0) is 9.47 Å². The fourth-order valence-electron chi connectivity index (χ4n) is 3.49. The van der Waals surface area contributed by atoms with Gasteiger partial charge in [0.15, 0.2) is 0 Å². The number of methoxy groups -OCH3 is 1. The molecule has 2 fully saturated rings. The Hall–Kier alpha value is -0.120. The van der Waals surface area contributed by atoms with E-state index in [9.17, 15) is 0 Å². The van der Waals surface area contributed by atoms with Gasteiger partial charge in [-0.25, -0.2) is 0 Å². The molecule has 0 aromatic carbocycles. The maximum Gasteiger partial charge on any atom is 0.0700 e. The summed E-state index contributed by atoms with van der Waals surface area (Å²) in [5.41, 5.74) is 0. The fourth-order valence-corrected chi connectivity index (χ4v) is 3.49. The third-order valence-corrected chi connectivity index (χ3v) is 4.71. The molecule has 0 spiro atoms. The van der Waals surface area contributed by atoms with E-state index in [4.69, 9.17) is 9.47 Å². The molecule has 0 heterocycles. The number of hydrogen-bond acceptors (Lipinski definition) is 3. The summed E-state index contributed by atoms with van der Waals surface area (Å²) in [5, 5.41) is 3.89. The van der Waals surface area contributed by atoms with E-state index in [1.54, 1.807) is 7.11 Å². The van der Waals surface area contributed by atoms with Crippen LogP contribution in [0, 0.1) is 5.92 Å². The molecule has 0 aromatic heterocycles.